The van der Waals surface area contributed by atoms with E-state index >= 15 is 0 Å². The summed E-state index contributed by atoms with van der Waals surface area (Å²) >= 11 is 3.41. The number of amides is 1. The number of rotatable bonds is 3. The molecule has 0 aliphatic carbocycles. The molecule has 0 atom stereocenters. The molecule has 0 saturated heterocycles. The van der Waals surface area contributed by atoms with E-state index in [0.717, 1.165) is 15.8 Å². The predicted molar refractivity (Wildman–Crippen MR) is 66.9 cm³/mol. The summed E-state index contributed by atoms with van der Waals surface area (Å²) in [5.41, 5.74) is 5.96. The minimum atomic E-state index is -0.583. The molecule has 0 spiro atoms. The third-order valence-corrected chi connectivity index (χ3v) is 2.95. The average molecular weight is 296 g/mol. The van der Waals surface area contributed by atoms with Gasteiger partial charge < -0.3 is 14.9 Å². The summed E-state index contributed by atoms with van der Waals surface area (Å²) in [6, 6.07) is 8.72. The number of primary amides is 1. The third-order valence-electron chi connectivity index (χ3n) is 2.29. The van der Waals surface area contributed by atoms with Crippen molar-refractivity contribution in [3.05, 3.63) is 40.6 Å². The number of ether oxygens (including phenoxy) is 1. The lowest BCUT2D eigenvalue weighted by atomic mass is 10.2. The maximum absolute atomic E-state index is 10.9. The van der Waals surface area contributed by atoms with E-state index in [4.69, 9.17) is 14.9 Å². The van der Waals surface area contributed by atoms with Crippen LogP contribution in [0.25, 0.3) is 11.3 Å². The number of carbonyl (C=O) groups is 1. The van der Waals surface area contributed by atoms with Crippen LogP contribution in [0.3, 0.4) is 0 Å². The standard InChI is InChI=1S/C12H10BrNO3/c1-16-7-2-3-8(9(13)6-7)10-4-5-11(17-10)12(14)15/h2-6H,1H3,(H2,14,15). The summed E-state index contributed by atoms with van der Waals surface area (Å²) in [4.78, 5) is 10.9. The topological polar surface area (TPSA) is 65.5 Å². The summed E-state index contributed by atoms with van der Waals surface area (Å²) in [6.07, 6.45) is 0. The molecule has 4 nitrogen and oxygen atoms in total. The van der Waals surface area contributed by atoms with Gasteiger partial charge in [0.05, 0.1) is 7.11 Å². The van der Waals surface area contributed by atoms with Crippen molar-refractivity contribution in [2.24, 2.45) is 5.73 Å². The zero-order valence-corrected chi connectivity index (χ0v) is 10.7. The molecule has 5 heteroatoms. The quantitative estimate of drug-likeness (QED) is 0.947. The molecule has 0 saturated carbocycles. The Morgan fingerprint density at radius 3 is 2.65 bits per heavy atom. The van der Waals surface area contributed by atoms with Gasteiger partial charge in [0.1, 0.15) is 11.5 Å². The number of benzene rings is 1. The van der Waals surface area contributed by atoms with Crippen LogP contribution >= 0.6 is 15.9 Å². The zero-order chi connectivity index (χ0) is 12.4. The zero-order valence-electron chi connectivity index (χ0n) is 9.07. The Labute approximate surface area is 106 Å². The Hall–Kier alpha value is -1.75. The molecule has 0 fully saturated rings. The fourth-order valence-corrected chi connectivity index (χ4v) is 1.99. The highest BCUT2D eigenvalue weighted by atomic mass is 79.9. The van der Waals surface area contributed by atoms with Gasteiger partial charge in [0, 0.05) is 10.0 Å². The molecule has 0 radical (unpaired) electrons. The molecule has 1 aromatic carbocycles. The van der Waals surface area contributed by atoms with E-state index in [1.165, 1.54) is 0 Å². The van der Waals surface area contributed by atoms with Crippen molar-refractivity contribution in [2.75, 3.05) is 7.11 Å². The van der Waals surface area contributed by atoms with Gasteiger partial charge in [0.2, 0.25) is 0 Å². The van der Waals surface area contributed by atoms with Gasteiger partial charge in [0.15, 0.2) is 5.76 Å². The number of methoxy groups -OCH3 is 1. The van der Waals surface area contributed by atoms with Crippen molar-refractivity contribution in [3.8, 4) is 17.1 Å². The molecule has 88 valence electrons. The van der Waals surface area contributed by atoms with E-state index in [0.29, 0.717) is 5.76 Å². The number of hydrogen-bond donors (Lipinski definition) is 1. The first kappa shape index (κ1) is 11.7. The lowest BCUT2D eigenvalue weighted by Crippen LogP contribution is -2.09. The Morgan fingerprint density at radius 2 is 2.12 bits per heavy atom. The van der Waals surface area contributed by atoms with Gasteiger partial charge in [0.25, 0.3) is 5.91 Å². The van der Waals surface area contributed by atoms with Crippen LogP contribution in [0.4, 0.5) is 0 Å². The van der Waals surface area contributed by atoms with E-state index in [1.54, 1.807) is 19.2 Å². The van der Waals surface area contributed by atoms with Gasteiger partial charge in [-0.2, -0.15) is 0 Å². The van der Waals surface area contributed by atoms with Crippen molar-refractivity contribution in [3.63, 3.8) is 0 Å². The molecule has 0 unspecified atom stereocenters. The molecule has 0 aliphatic heterocycles. The number of furan rings is 1. The van der Waals surface area contributed by atoms with Crippen molar-refractivity contribution >= 4 is 21.8 Å². The monoisotopic (exact) mass is 295 g/mol. The molecular formula is C12H10BrNO3. The van der Waals surface area contributed by atoms with Gasteiger partial charge in [-0.1, -0.05) is 0 Å². The molecule has 1 amide bonds. The van der Waals surface area contributed by atoms with Crippen LogP contribution in [0.15, 0.2) is 39.2 Å². The molecule has 2 aromatic rings. The van der Waals surface area contributed by atoms with Crippen molar-refractivity contribution in [1.82, 2.24) is 0 Å². The maximum atomic E-state index is 10.9. The lowest BCUT2D eigenvalue weighted by Gasteiger charge is -2.04. The van der Waals surface area contributed by atoms with Crippen molar-refractivity contribution in [1.29, 1.82) is 0 Å². The van der Waals surface area contributed by atoms with Crippen LogP contribution < -0.4 is 10.5 Å². The maximum Gasteiger partial charge on any atom is 0.284 e. The van der Waals surface area contributed by atoms with Crippen LogP contribution in [0.2, 0.25) is 0 Å². The minimum absolute atomic E-state index is 0.141. The van der Waals surface area contributed by atoms with E-state index in [2.05, 4.69) is 15.9 Å². The van der Waals surface area contributed by atoms with E-state index in [1.807, 2.05) is 18.2 Å². The predicted octanol–water partition coefficient (Wildman–Crippen LogP) is 2.82. The highest BCUT2D eigenvalue weighted by molar-refractivity contribution is 9.10. The highest BCUT2D eigenvalue weighted by Gasteiger charge is 2.11. The first-order chi connectivity index (χ1) is 8.11. The summed E-state index contributed by atoms with van der Waals surface area (Å²) in [6.45, 7) is 0. The Bertz CT molecular complexity index is 563. The summed E-state index contributed by atoms with van der Waals surface area (Å²) in [5.74, 6) is 0.874. The van der Waals surface area contributed by atoms with Crippen LogP contribution in [0, 0.1) is 0 Å². The fourth-order valence-electron chi connectivity index (χ4n) is 1.44. The summed E-state index contributed by atoms with van der Waals surface area (Å²) < 4.78 is 11.3. The highest BCUT2D eigenvalue weighted by Crippen LogP contribution is 2.32. The Morgan fingerprint density at radius 1 is 1.35 bits per heavy atom. The molecular weight excluding hydrogens is 286 g/mol. The Kier molecular flexibility index (Phi) is 3.19. The Balaban J connectivity index is 2.42. The molecule has 2 N–H and O–H groups in total. The second-order valence-electron chi connectivity index (χ2n) is 3.37. The largest absolute Gasteiger partial charge is 0.497 e. The molecule has 1 aromatic heterocycles. The van der Waals surface area contributed by atoms with E-state index < -0.39 is 5.91 Å². The summed E-state index contributed by atoms with van der Waals surface area (Å²) in [7, 11) is 1.60. The van der Waals surface area contributed by atoms with E-state index in [-0.39, 0.29) is 5.76 Å². The van der Waals surface area contributed by atoms with Crippen molar-refractivity contribution < 1.29 is 13.9 Å². The SMILES string of the molecule is COc1ccc(-c2ccc(C(N)=O)o2)c(Br)c1. The van der Waals surface area contributed by atoms with Gasteiger partial charge in [-0.25, -0.2) is 0 Å². The number of carbonyl (C=O) groups excluding carboxylic acids is 1. The molecule has 1 heterocycles. The smallest absolute Gasteiger partial charge is 0.284 e. The lowest BCUT2D eigenvalue weighted by molar-refractivity contribution is 0.0974. The fraction of sp³-hybridized carbons (Fsp3) is 0.0833. The molecule has 0 aliphatic rings. The normalized spacial score (nSPS) is 10.2. The van der Waals surface area contributed by atoms with Gasteiger partial charge in [-0.05, 0) is 46.3 Å². The average Bonchev–Trinajstić information content (AvgIpc) is 2.78. The second kappa shape index (κ2) is 4.63. The number of nitrogens with two attached hydrogens (primary N) is 1. The first-order valence-corrected chi connectivity index (χ1v) is 5.64. The van der Waals surface area contributed by atoms with Crippen LogP contribution in [-0.2, 0) is 0 Å². The molecule has 0 bridgehead atoms. The second-order valence-corrected chi connectivity index (χ2v) is 4.23. The van der Waals surface area contributed by atoms with Gasteiger partial charge in [-0.15, -0.1) is 0 Å². The summed E-state index contributed by atoms with van der Waals surface area (Å²) in [5, 5.41) is 0. The molecule has 17 heavy (non-hydrogen) atoms. The van der Waals surface area contributed by atoms with Crippen LogP contribution in [0.1, 0.15) is 10.6 Å². The molecule has 2 rings (SSSR count). The van der Waals surface area contributed by atoms with Crippen LogP contribution in [0.5, 0.6) is 5.75 Å². The first-order valence-electron chi connectivity index (χ1n) is 4.85. The van der Waals surface area contributed by atoms with Gasteiger partial charge >= 0.3 is 0 Å². The van der Waals surface area contributed by atoms with Gasteiger partial charge in [-0.3, -0.25) is 4.79 Å². The third kappa shape index (κ3) is 2.34. The minimum Gasteiger partial charge on any atom is -0.497 e. The number of hydrogen-bond acceptors (Lipinski definition) is 3. The number of halogens is 1. The van der Waals surface area contributed by atoms with E-state index in [9.17, 15) is 4.79 Å². The van der Waals surface area contributed by atoms with Crippen molar-refractivity contribution in [2.45, 2.75) is 0 Å². The van der Waals surface area contributed by atoms with Crippen LogP contribution in [-0.4, -0.2) is 13.0 Å².